The SMILES string of the molecule is C#CCN(CC#C)C(=O)c1ccc(OCCCOc2c(CC)cc(O)cc2CC)cc1. The van der Waals surface area contributed by atoms with Crippen LogP contribution in [0.25, 0.3) is 0 Å². The molecule has 1 N–H and O–H groups in total. The Bertz CT molecular complexity index is 910. The molecule has 0 bridgehead atoms. The first-order valence-corrected chi connectivity index (χ1v) is 10.4. The van der Waals surface area contributed by atoms with Gasteiger partial charge in [0.25, 0.3) is 5.91 Å². The van der Waals surface area contributed by atoms with Crippen LogP contribution in [0, 0.1) is 24.7 Å². The molecule has 0 saturated carbocycles. The van der Waals surface area contributed by atoms with Gasteiger partial charge in [0.1, 0.15) is 17.2 Å². The number of phenolic OH excluding ortho intramolecular Hbond substituents is 1. The molecule has 0 fully saturated rings. The Hall–Kier alpha value is -3.57. The summed E-state index contributed by atoms with van der Waals surface area (Å²) in [5.74, 6) is 6.48. The van der Waals surface area contributed by atoms with Crippen molar-refractivity contribution < 1.29 is 19.4 Å². The topological polar surface area (TPSA) is 59.0 Å². The Labute approximate surface area is 185 Å². The van der Waals surface area contributed by atoms with Crippen molar-refractivity contribution in [2.24, 2.45) is 0 Å². The molecule has 0 aromatic heterocycles. The van der Waals surface area contributed by atoms with Gasteiger partial charge < -0.3 is 19.5 Å². The van der Waals surface area contributed by atoms with E-state index >= 15 is 0 Å². The molecule has 5 nitrogen and oxygen atoms in total. The van der Waals surface area contributed by atoms with E-state index in [0.29, 0.717) is 30.9 Å². The summed E-state index contributed by atoms with van der Waals surface area (Å²) in [6.07, 6.45) is 12.9. The first-order chi connectivity index (χ1) is 15.0. The Morgan fingerprint density at radius 2 is 1.52 bits per heavy atom. The number of ether oxygens (including phenoxy) is 2. The fraction of sp³-hybridized carbons (Fsp3) is 0.346. The molecule has 0 aliphatic heterocycles. The fourth-order valence-electron chi connectivity index (χ4n) is 3.17. The molecule has 2 rings (SSSR count). The van der Waals surface area contributed by atoms with E-state index in [1.54, 1.807) is 36.4 Å². The van der Waals surface area contributed by atoms with Crippen LogP contribution >= 0.6 is 0 Å². The fourth-order valence-corrected chi connectivity index (χ4v) is 3.17. The van der Waals surface area contributed by atoms with Gasteiger partial charge in [-0.05, 0) is 60.4 Å². The number of amides is 1. The predicted octanol–water partition coefficient (Wildman–Crippen LogP) is 4.07. The minimum Gasteiger partial charge on any atom is -0.508 e. The number of terminal acetylenes is 2. The zero-order valence-electron chi connectivity index (χ0n) is 18.2. The molecule has 1 amide bonds. The molecule has 0 spiro atoms. The van der Waals surface area contributed by atoms with Gasteiger partial charge in [-0.15, -0.1) is 12.8 Å². The lowest BCUT2D eigenvalue weighted by atomic mass is 10.0. The maximum Gasteiger partial charge on any atom is 0.255 e. The number of rotatable bonds is 11. The van der Waals surface area contributed by atoms with Crippen molar-refractivity contribution in [2.45, 2.75) is 33.1 Å². The van der Waals surface area contributed by atoms with E-state index in [1.165, 1.54) is 4.90 Å². The zero-order valence-corrected chi connectivity index (χ0v) is 18.2. The van der Waals surface area contributed by atoms with Crippen LogP contribution in [-0.2, 0) is 12.8 Å². The Morgan fingerprint density at radius 3 is 2.03 bits per heavy atom. The minimum absolute atomic E-state index is 0.168. The Kier molecular flexibility index (Phi) is 9.33. The van der Waals surface area contributed by atoms with Gasteiger partial charge in [0.05, 0.1) is 26.3 Å². The van der Waals surface area contributed by atoms with Crippen molar-refractivity contribution in [1.82, 2.24) is 4.90 Å². The predicted molar refractivity (Wildman–Crippen MR) is 122 cm³/mol. The second kappa shape index (κ2) is 12.2. The molecule has 162 valence electrons. The molecule has 31 heavy (non-hydrogen) atoms. The van der Waals surface area contributed by atoms with Gasteiger partial charge >= 0.3 is 0 Å². The number of phenols is 1. The van der Waals surface area contributed by atoms with Crippen LogP contribution in [0.4, 0.5) is 0 Å². The summed E-state index contributed by atoms with van der Waals surface area (Å²) >= 11 is 0. The highest BCUT2D eigenvalue weighted by atomic mass is 16.5. The minimum atomic E-state index is -0.205. The number of aromatic hydroxyl groups is 1. The summed E-state index contributed by atoms with van der Waals surface area (Å²) in [4.78, 5) is 13.9. The van der Waals surface area contributed by atoms with E-state index in [0.717, 1.165) is 29.7 Å². The van der Waals surface area contributed by atoms with Gasteiger partial charge in [-0.1, -0.05) is 25.7 Å². The maximum atomic E-state index is 12.5. The summed E-state index contributed by atoms with van der Waals surface area (Å²) in [6, 6.07) is 10.4. The molecule has 5 heteroatoms. The second-order valence-electron chi connectivity index (χ2n) is 6.94. The van der Waals surface area contributed by atoms with Crippen LogP contribution in [-0.4, -0.2) is 42.2 Å². The van der Waals surface area contributed by atoms with Gasteiger partial charge in [-0.25, -0.2) is 0 Å². The molecule has 0 atom stereocenters. The van der Waals surface area contributed by atoms with Gasteiger partial charge in [0.2, 0.25) is 0 Å². The van der Waals surface area contributed by atoms with E-state index in [4.69, 9.17) is 22.3 Å². The molecular formula is C26H29NO4. The van der Waals surface area contributed by atoms with Crippen molar-refractivity contribution in [3.8, 4) is 41.9 Å². The summed E-state index contributed by atoms with van der Waals surface area (Å²) in [6.45, 7) is 5.40. The van der Waals surface area contributed by atoms with Crippen molar-refractivity contribution in [3.63, 3.8) is 0 Å². The van der Waals surface area contributed by atoms with Crippen molar-refractivity contribution in [3.05, 3.63) is 53.1 Å². The van der Waals surface area contributed by atoms with Crippen LogP contribution in [0.3, 0.4) is 0 Å². The average Bonchev–Trinajstić information content (AvgIpc) is 2.78. The van der Waals surface area contributed by atoms with Gasteiger partial charge in [0.15, 0.2) is 0 Å². The van der Waals surface area contributed by atoms with Gasteiger partial charge in [-0.2, -0.15) is 0 Å². The number of carbonyl (C=O) groups is 1. The normalized spacial score (nSPS) is 10.1. The Morgan fingerprint density at radius 1 is 0.968 bits per heavy atom. The van der Waals surface area contributed by atoms with E-state index in [-0.39, 0.29) is 24.7 Å². The van der Waals surface area contributed by atoms with Crippen LogP contribution in [0.5, 0.6) is 17.2 Å². The lowest BCUT2D eigenvalue weighted by Crippen LogP contribution is -2.31. The van der Waals surface area contributed by atoms with Crippen LogP contribution in [0.15, 0.2) is 36.4 Å². The van der Waals surface area contributed by atoms with Crippen LogP contribution in [0.2, 0.25) is 0 Å². The quantitative estimate of drug-likeness (QED) is 0.441. The lowest BCUT2D eigenvalue weighted by Gasteiger charge is -2.17. The molecule has 0 saturated heterocycles. The van der Waals surface area contributed by atoms with Gasteiger partial charge in [0, 0.05) is 12.0 Å². The van der Waals surface area contributed by atoms with E-state index < -0.39 is 0 Å². The third kappa shape index (κ3) is 6.73. The number of carbonyl (C=O) groups excluding carboxylic acids is 1. The summed E-state index contributed by atoms with van der Waals surface area (Å²) in [5.41, 5.74) is 2.51. The first kappa shape index (κ1) is 23.7. The molecule has 0 heterocycles. The summed E-state index contributed by atoms with van der Waals surface area (Å²) < 4.78 is 11.7. The number of hydrogen-bond donors (Lipinski definition) is 1. The zero-order chi connectivity index (χ0) is 22.6. The van der Waals surface area contributed by atoms with E-state index in [9.17, 15) is 9.90 Å². The van der Waals surface area contributed by atoms with Crippen LogP contribution < -0.4 is 9.47 Å². The third-order valence-electron chi connectivity index (χ3n) is 4.75. The lowest BCUT2D eigenvalue weighted by molar-refractivity contribution is 0.0796. The average molecular weight is 420 g/mol. The monoisotopic (exact) mass is 419 g/mol. The largest absolute Gasteiger partial charge is 0.508 e. The third-order valence-corrected chi connectivity index (χ3v) is 4.75. The molecule has 2 aromatic carbocycles. The highest BCUT2D eigenvalue weighted by Gasteiger charge is 2.14. The standard InChI is InChI=1S/C26H29NO4/c1-5-14-27(15-6-2)26(29)22-10-12-24(13-11-22)30-16-9-17-31-25-20(7-3)18-23(28)19-21(25)8-4/h1-2,10-13,18-19,28H,7-9,14-17H2,3-4H3. The second-order valence-corrected chi connectivity index (χ2v) is 6.94. The highest BCUT2D eigenvalue weighted by molar-refractivity contribution is 5.94. The molecule has 2 aromatic rings. The highest BCUT2D eigenvalue weighted by Crippen LogP contribution is 2.30. The molecular weight excluding hydrogens is 390 g/mol. The van der Waals surface area contributed by atoms with Gasteiger partial charge in [-0.3, -0.25) is 4.79 Å². The van der Waals surface area contributed by atoms with Crippen LogP contribution in [0.1, 0.15) is 41.8 Å². The molecule has 0 unspecified atom stereocenters. The maximum absolute atomic E-state index is 12.5. The van der Waals surface area contributed by atoms with Crippen molar-refractivity contribution in [2.75, 3.05) is 26.3 Å². The van der Waals surface area contributed by atoms with E-state index in [2.05, 4.69) is 11.8 Å². The smallest absolute Gasteiger partial charge is 0.255 e. The summed E-state index contributed by atoms with van der Waals surface area (Å²) in [7, 11) is 0. The Balaban J connectivity index is 1.86. The van der Waals surface area contributed by atoms with Crippen molar-refractivity contribution in [1.29, 1.82) is 0 Å². The molecule has 0 aliphatic carbocycles. The van der Waals surface area contributed by atoms with E-state index in [1.807, 2.05) is 13.8 Å². The van der Waals surface area contributed by atoms with Crippen molar-refractivity contribution >= 4 is 5.91 Å². The number of aryl methyl sites for hydroxylation is 2. The number of hydrogen-bond acceptors (Lipinski definition) is 4. The molecule has 0 aliphatic rings. The number of benzene rings is 2. The number of nitrogens with zero attached hydrogens (tertiary/aromatic N) is 1. The molecule has 0 radical (unpaired) electrons. The first-order valence-electron chi connectivity index (χ1n) is 10.4. The summed E-state index contributed by atoms with van der Waals surface area (Å²) in [5, 5.41) is 9.84.